The SMILES string of the molecule is CC(C)(C)c1cc(CN2C(=O)COc3ccc(/C=C4/SC(=S)NC4=O)cc32)cc(C(=O)N2CCOCC2)c1. The van der Waals surface area contributed by atoms with Crippen molar-refractivity contribution in [3.8, 4) is 5.75 Å². The number of morpholine rings is 1. The maximum Gasteiger partial charge on any atom is 0.265 e. The number of hydrogen-bond acceptors (Lipinski definition) is 7. The van der Waals surface area contributed by atoms with Gasteiger partial charge in [-0.25, -0.2) is 0 Å². The highest BCUT2D eigenvalue weighted by Gasteiger charge is 2.29. The Morgan fingerprint density at radius 2 is 1.89 bits per heavy atom. The van der Waals surface area contributed by atoms with Crippen molar-refractivity contribution >= 4 is 57.8 Å². The lowest BCUT2D eigenvalue weighted by molar-refractivity contribution is -0.121. The molecule has 2 aromatic carbocycles. The maximum absolute atomic E-state index is 13.4. The van der Waals surface area contributed by atoms with Crippen molar-refractivity contribution in [3.05, 3.63) is 63.6 Å². The third kappa shape index (κ3) is 5.62. The fourth-order valence-electron chi connectivity index (χ4n) is 4.53. The number of amides is 3. The van der Waals surface area contributed by atoms with E-state index in [0.29, 0.717) is 52.5 Å². The minimum absolute atomic E-state index is 0.0338. The summed E-state index contributed by atoms with van der Waals surface area (Å²) in [6.07, 6.45) is 1.75. The number of nitrogens with zero attached hydrogens (tertiary/aromatic N) is 2. The van der Waals surface area contributed by atoms with E-state index >= 15 is 0 Å². The maximum atomic E-state index is 13.4. The standard InChI is InChI=1S/C28H29N3O5S2/c1-28(2,3)20-11-18(10-19(14-20)26(34)30-6-8-35-9-7-30)15-31-21-12-17(4-5-22(21)36-16-24(31)32)13-23-25(33)29-27(37)38-23/h4-5,10-14H,6-9,15-16H2,1-3H3,(H,29,33,37)/b23-13+. The third-order valence-corrected chi connectivity index (χ3v) is 7.77. The number of thiocarbonyl (C=S) groups is 1. The summed E-state index contributed by atoms with van der Waals surface area (Å²) >= 11 is 6.29. The Labute approximate surface area is 231 Å². The molecular formula is C28H29N3O5S2. The number of fused-ring (bicyclic) bond motifs is 1. The average Bonchev–Trinajstić information content (AvgIpc) is 3.21. The molecule has 2 saturated heterocycles. The van der Waals surface area contributed by atoms with E-state index in [1.807, 2.05) is 29.2 Å². The van der Waals surface area contributed by atoms with E-state index in [9.17, 15) is 14.4 Å². The molecule has 0 bridgehead atoms. The molecule has 2 aromatic rings. The summed E-state index contributed by atoms with van der Waals surface area (Å²) in [6.45, 7) is 8.69. The molecule has 198 valence electrons. The van der Waals surface area contributed by atoms with E-state index in [1.165, 1.54) is 11.8 Å². The largest absolute Gasteiger partial charge is 0.482 e. The molecule has 5 rings (SSSR count). The molecule has 0 unspecified atom stereocenters. The van der Waals surface area contributed by atoms with Gasteiger partial charge in [0.1, 0.15) is 10.1 Å². The van der Waals surface area contributed by atoms with E-state index < -0.39 is 0 Å². The molecule has 1 N–H and O–H groups in total. The molecular weight excluding hydrogens is 522 g/mol. The van der Waals surface area contributed by atoms with Crippen LogP contribution in [0, 0.1) is 0 Å². The first-order valence-electron chi connectivity index (χ1n) is 12.4. The molecule has 3 heterocycles. The first kappa shape index (κ1) is 26.4. The number of carbonyl (C=O) groups is 3. The summed E-state index contributed by atoms with van der Waals surface area (Å²) in [5.74, 6) is 0.132. The summed E-state index contributed by atoms with van der Waals surface area (Å²) < 4.78 is 11.5. The zero-order valence-electron chi connectivity index (χ0n) is 21.5. The van der Waals surface area contributed by atoms with Gasteiger partial charge in [0.15, 0.2) is 6.61 Å². The first-order chi connectivity index (χ1) is 18.1. The summed E-state index contributed by atoms with van der Waals surface area (Å²) in [5.41, 5.74) is 3.66. The van der Waals surface area contributed by atoms with Crippen molar-refractivity contribution in [1.29, 1.82) is 0 Å². The Morgan fingerprint density at radius 1 is 1.13 bits per heavy atom. The molecule has 0 spiro atoms. The van der Waals surface area contributed by atoms with Crippen molar-refractivity contribution in [2.75, 3.05) is 37.8 Å². The quantitative estimate of drug-likeness (QED) is 0.456. The van der Waals surface area contributed by atoms with E-state index in [2.05, 4.69) is 32.2 Å². The monoisotopic (exact) mass is 551 g/mol. The Bertz CT molecular complexity index is 1360. The fraction of sp³-hybridized carbons (Fsp3) is 0.357. The number of hydrogen-bond donors (Lipinski definition) is 1. The van der Waals surface area contributed by atoms with Gasteiger partial charge in [-0.15, -0.1) is 0 Å². The smallest absolute Gasteiger partial charge is 0.265 e. The van der Waals surface area contributed by atoms with Crippen LogP contribution < -0.4 is 15.0 Å². The van der Waals surface area contributed by atoms with Gasteiger partial charge in [0.05, 0.1) is 30.4 Å². The lowest BCUT2D eigenvalue weighted by atomic mass is 9.84. The minimum Gasteiger partial charge on any atom is -0.482 e. The molecule has 0 aromatic heterocycles. The van der Waals surface area contributed by atoms with E-state index in [1.54, 1.807) is 17.0 Å². The van der Waals surface area contributed by atoms with Crippen LogP contribution in [0.15, 0.2) is 41.3 Å². The van der Waals surface area contributed by atoms with E-state index in [4.69, 9.17) is 21.7 Å². The van der Waals surface area contributed by atoms with E-state index in [-0.39, 0.29) is 36.3 Å². The number of rotatable bonds is 4. The van der Waals surface area contributed by atoms with E-state index in [0.717, 1.165) is 16.7 Å². The van der Waals surface area contributed by atoms with Gasteiger partial charge >= 0.3 is 0 Å². The molecule has 8 nitrogen and oxygen atoms in total. The first-order valence-corrected chi connectivity index (χ1v) is 13.6. The van der Waals surface area contributed by atoms with Crippen LogP contribution >= 0.6 is 24.0 Å². The lowest BCUT2D eigenvalue weighted by Crippen LogP contribution is -2.41. The predicted octanol–water partition coefficient (Wildman–Crippen LogP) is 3.87. The van der Waals surface area contributed by atoms with Crippen LogP contribution in [-0.2, 0) is 26.3 Å². The number of thioether (sulfide) groups is 1. The van der Waals surface area contributed by atoms with Crippen molar-refractivity contribution in [3.63, 3.8) is 0 Å². The zero-order valence-corrected chi connectivity index (χ0v) is 23.2. The van der Waals surface area contributed by atoms with Crippen LogP contribution in [0.4, 0.5) is 5.69 Å². The molecule has 10 heteroatoms. The van der Waals surface area contributed by atoms with Crippen LogP contribution in [-0.4, -0.2) is 59.9 Å². The molecule has 0 saturated carbocycles. The van der Waals surface area contributed by atoms with Crippen molar-refractivity contribution < 1.29 is 23.9 Å². The molecule has 3 aliphatic heterocycles. The summed E-state index contributed by atoms with van der Waals surface area (Å²) in [6, 6.07) is 11.4. The normalized spacial score (nSPS) is 18.9. The molecule has 0 radical (unpaired) electrons. The lowest BCUT2D eigenvalue weighted by Gasteiger charge is -2.31. The van der Waals surface area contributed by atoms with Gasteiger partial charge in [-0.1, -0.05) is 56.9 Å². The highest BCUT2D eigenvalue weighted by atomic mass is 32.2. The van der Waals surface area contributed by atoms with Crippen LogP contribution in [0.5, 0.6) is 5.75 Å². The van der Waals surface area contributed by atoms with Gasteiger partial charge in [0.25, 0.3) is 17.7 Å². The molecule has 2 fully saturated rings. The molecule has 3 aliphatic rings. The van der Waals surface area contributed by atoms with Gasteiger partial charge < -0.3 is 24.6 Å². The van der Waals surface area contributed by atoms with Crippen molar-refractivity contribution in [1.82, 2.24) is 10.2 Å². The van der Waals surface area contributed by atoms with Crippen LogP contribution in [0.3, 0.4) is 0 Å². The van der Waals surface area contributed by atoms with Crippen LogP contribution in [0.1, 0.15) is 47.8 Å². The van der Waals surface area contributed by atoms with Gasteiger partial charge in [0.2, 0.25) is 0 Å². The number of nitrogens with one attached hydrogen (secondary N) is 1. The highest BCUT2D eigenvalue weighted by molar-refractivity contribution is 8.26. The summed E-state index contributed by atoms with van der Waals surface area (Å²) in [7, 11) is 0. The Kier molecular flexibility index (Phi) is 7.30. The van der Waals surface area contributed by atoms with Gasteiger partial charge in [0, 0.05) is 18.7 Å². The van der Waals surface area contributed by atoms with Gasteiger partial charge in [-0.05, 0) is 52.4 Å². The van der Waals surface area contributed by atoms with Crippen LogP contribution in [0.25, 0.3) is 6.08 Å². The average molecular weight is 552 g/mol. The number of ether oxygens (including phenoxy) is 2. The Morgan fingerprint density at radius 3 is 2.58 bits per heavy atom. The summed E-state index contributed by atoms with van der Waals surface area (Å²) in [5, 5.41) is 2.61. The third-order valence-electron chi connectivity index (χ3n) is 6.61. The second-order valence-corrected chi connectivity index (χ2v) is 12.1. The zero-order chi connectivity index (χ0) is 27.0. The Hall–Kier alpha value is -3.21. The van der Waals surface area contributed by atoms with Gasteiger partial charge in [-0.3, -0.25) is 14.4 Å². The second-order valence-electron chi connectivity index (χ2n) is 10.4. The number of benzene rings is 2. The predicted molar refractivity (Wildman–Crippen MR) is 151 cm³/mol. The number of anilines is 1. The highest BCUT2D eigenvalue weighted by Crippen LogP contribution is 2.36. The fourth-order valence-corrected chi connectivity index (χ4v) is 5.57. The molecule has 38 heavy (non-hydrogen) atoms. The molecule has 3 amide bonds. The summed E-state index contributed by atoms with van der Waals surface area (Å²) in [4.78, 5) is 42.6. The van der Waals surface area contributed by atoms with Gasteiger partial charge in [-0.2, -0.15) is 0 Å². The molecule has 0 atom stereocenters. The second kappa shape index (κ2) is 10.5. The minimum atomic E-state index is -0.238. The van der Waals surface area contributed by atoms with Crippen LogP contribution in [0.2, 0.25) is 0 Å². The van der Waals surface area contributed by atoms with Crippen molar-refractivity contribution in [2.45, 2.75) is 32.7 Å². The topological polar surface area (TPSA) is 88.2 Å². The number of carbonyl (C=O) groups excluding carboxylic acids is 3. The molecule has 0 aliphatic carbocycles. The van der Waals surface area contributed by atoms with Crippen molar-refractivity contribution in [2.24, 2.45) is 0 Å². The Balaban J connectivity index is 1.49.